The minimum Gasteiger partial charge on any atom is -0.370 e. The number of hydrogen-bond donors (Lipinski definition) is 2. The summed E-state index contributed by atoms with van der Waals surface area (Å²) in [5, 5.41) is 14.0. The minimum absolute atomic E-state index is 0.665. The Morgan fingerprint density at radius 1 is 1.20 bits per heavy atom. The Morgan fingerprint density at radius 3 is 2.90 bits per heavy atom. The van der Waals surface area contributed by atoms with E-state index < -0.39 is 0 Å². The molecule has 6 nitrogen and oxygen atoms in total. The average Bonchev–Trinajstić information content (AvgIpc) is 2.90. The number of aromatic amines is 1. The summed E-state index contributed by atoms with van der Waals surface area (Å²) in [7, 11) is 0. The third-order valence-electron chi connectivity index (χ3n) is 3.62. The van der Waals surface area contributed by atoms with Gasteiger partial charge in [-0.15, -0.1) is 0 Å². The predicted octanol–water partition coefficient (Wildman–Crippen LogP) is 2.35. The Balaban J connectivity index is 2.03. The second-order valence-electron chi connectivity index (χ2n) is 5.16. The van der Waals surface area contributed by atoms with Crippen LogP contribution in [-0.4, -0.2) is 31.9 Å². The second-order valence-corrected chi connectivity index (χ2v) is 5.16. The minimum atomic E-state index is 0.665. The molecule has 0 unspecified atom stereocenters. The van der Waals surface area contributed by atoms with Gasteiger partial charge in [-0.05, 0) is 32.1 Å². The van der Waals surface area contributed by atoms with Crippen molar-refractivity contribution < 1.29 is 0 Å². The molecule has 2 heterocycles. The van der Waals surface area contributed by atoms with E-state index >= 15 is 0 Å². The van der Waals surface area contributed by atoms with E-state index in [1.54, 1.807) is 6.20 Å². The molecule has 0 aliphatic heterocycles. The van der Waals surface area contributed by atoms with E-state index in [0.717, 1.165) is 31.6 Å². The molecule has 0 atom stereocenters. The summed E-state index contributed by atoms with van der Waals surface area (Å²) in [6.07, 6.45) is 8.54. The molecule has 0 saturated carbocycles. The Labute approximate surface area is 118 Å². The summed E-state index contributed by atoms with van der Waals surface area (Å²) in [6, 6.07) is 0. The van der Waals surface area contributed by atoms with E-state index in [1.165, 1.54) is 30.5 Å². The maximum atomic E-state index is 4.71. The number of nitrogens with zero attached hydrogens (tertiary/aromatic N) is 4. The van der Waals surface area contributed by atoms with Crippen LogP contribution in [0.3, 0.4) is 0 Å². The number of hydrogen-bond acceptors (Lipinski definition) is 5. The molecule has 0 bridgehead atoms. The number of H-pyrrole nitrogens is 1. The lowest BCUT2D eigenvalue weighted by Gasteiger charge is -2.13. The van der Waals surface area contributed by atoms with Crippen LogP contribution in [0.2, 0.25) is 0 Å². The number of aromatic nitrogens is 5. The maximum absolute atomic E-state index is 4.71. The first kappa shape index (κ1) is 13.0. The second kappa shape index (κ2) is 5.98. The van der Waals surface area contributed by atoms with Gasteiger partial charge in [-0.3, -0.25) is 0 Å². The molecule has 2 aromatic rings. The van der Waals surface area contributed by atoms with Crippen molar-refractivity contribution in [1.29, 1.82) is 0 Å². The lowest BCUT2D eigenvalue weighted by atomic mass is 10.1. The van der Waals surface area contributed by atoms with Gasteiger partial charge in [0.2, 0.25) is 0 Å². The van der Waals surface area contributed by atoms with Gasteiger partial charge < -0.3 is 5.32 Å². The largest absolute Gasteiger partial charge is 0.370 e. The van der Waals surface area contributed by atoms with Crippen LogP contribution in [0.5, 0.6) is 0 Å². The maximum Gasteiger partial charge on any atom is 0.184 e. The molecule has 1 aliphatic carbocycles. The van der Waals surface area contributed by atoms with Gasteiger partial charge in [0, 0.05) is 17.8 Å². The molecule has 0 spiro atoms. The van der Waals surface area contributed by atoms with Crippen LogP contribution in [0.1, 0.15) is 43.9 Å². The molecule has 3 rings (SSSR count). The standard InChI is InChI=1S/C14H20N6/c1-2-8-15-13-10-6-4-3-5-7-11(10)17-14(18-13)12-9-16-20-19-12/h9H,2-8H2,1H3,(H,15,17,18)(H,16,19,20). The SMILES string of the molecule is CCCNc1nc(-c2cn[nH]n2)nc2c1CCCCC2. The van der Waals surface area contributed by atoms with E-state index in [2.05, 4.69) is 32.6 Å². The third kappa shape index (κ3) is 2.64. The third-order valence-corrected chi connectivity index (χ3v) is 3.62. The van der Waals surface area contributed by atoms with E-state index in [9.17, 15) is 0 Å². The van der Waals surface area contributed by atoms with Crippen molar-refractivity contribution >= 4 is 5.82 Å². The molecule has 2 aromatic heterocycles. The molecule has 6 heteroatoms. The molecule has 0 amide bonds. The summed E-state index contributed by atoms with van der Waals surface area (Å²) in [6.45, 7) is 3.09. The summed E-state index contributed by atoms with van der Waals surface area (Å²) < 4.78 is 0. The summed E-state index contributed by atoms with van der Waals surface area (Å²) in [5.41, 5.74) is 3.17. The molecule has 0 fully saturated rings. The van der Waals surface area contributed by atoms with Crippen molar-refractivity contribution in [2.24, 2.45) is 0 Å². The van der Waals surface area contributed by atoms with Gasteiger partial charge >= 0.3 is 0 Å². The number of rotatable bonds is 4. The molecular weight excluding hydrogens is 252 g/mol. The van der Waals surface area contributed by atoms with Gasteiger partial charge in [0.15, 0.2) is 5.82 Å². The van der Waals surface area contributed by atoms with Crippen molar-refractivity contribution in [3.8, 4) is 11.5 Å². The predicted molar refractivity (Wildman–Crippen MR) is 77.4 cm³/mol. The smallest absolute Gasteiger partial charge is 0.184 e. The summed E-state index contributed by atoms with van der Waals surface area (Å²) in [4.78, 5) is 9.37. The van der Waals surface area contributed by atoms with Crippen LogP contribution in [-0.2, 0) is 12.8 Å². The zero-order chi connectivity index (χ0) is 13.8. The van der Waals surface area contributed by atoms with Gasteiger partial charge in [-0.25, -0.2) is 9.97 Å². The number of anilines is 1. The molecule has 106 valence electrons. The van der Waals surface area contributed by atoms with Gasteiger partial charge in [0.05, 0.1) is 6.20 Å². The van der Waals surface area contributed by atoms with Crippen molar-refractivity contribution in [2.45, 2.75) is 45.4 Å². The first-order valence-corrected chi connectivity index (χ1v) is 7.38. The highest BCUT2D eigenvalue weighted by atomic mass is 15.3. The first-order valence-electron chi connectivity index (χ1n) is 7.38. The Hall–Kier alpha value is -1.98. The Morgan fingerprint density at radius 2 is 2.10 bits per heavy atom. The first-order chi connectivity index (χ1) is 9.88. The van der Waals surface area contributed by atoms with E-state index in [1.807, 2.05) is 0 Å². The van der Waals surface area contributed by atoms with Crippen molar-refractivity contribution in [1.82, 2.24) is 25.4 Å². The zero-order valence-electron chi connectivity index (χ0n) is 11.8. The molecule has 0 aromatic carbocycles. The van der Waals surface area contributed by atoms with E-state index in [0.29, 0.717) is 11.5 Å². The Kier molecular flexibility index (Phi) is 3.90. The monoisotopic (exact) mass is 272 g/mol. The summed E-state index contributed by atoms with van der Waals surface area (Å²) >= 11 is 0. The van der Waals surface area contributed by atoms with Crippen LogP contribution in [0, 0.1) is 0 Å². The molecule has 2 N–H and O–H groups in total. The van der Waals surface area contributed by atoms with Crippen molar-refractivity contribution in [3.63, 3.8) is 0 Å². The quantitative estimate of drug-likeness (QED) is 0.835. The van der Waals surface area contributed by atoms with Crippen LogP contribution < -0.4 is 5.32 Å². The fraction of sp³-hybridized carbons (Fsp3) is 0.571. The topological polar surface area (TPSA) is 79.4 Å². The average molecular weight is 272 g/mol. The molecule has 0 saturated heterocycles. The number of aryl methyl sites for hydroxylation is 1. The lowest BCUT2D eigenvalue weighted by Crippen LogP contribution is -2.10. The van der Waals surface area contributed by atoms with E-state index in [-0.39, 0.29) is 0 Å². The highest BCUT2D eigenvalue weighted by Gasteiger charge is 2.18. The highest BCUT2D eigenvalue weighted by molar-refractivity contribution is 5.56. The summed E-state index contributed by atoms with van der Waals surface area (Å²) in [5.74, 6) is 1.65. The normalized spacial score (nSPS) is 14.7. The lowest BCUT2D eigenvalue weighted by molar-refractivity contribution is 0.709. The molecule has 20 heavy (non-hydrogen) atoms. The van der Waals surface area contributed by atoms with Gasteiger partial charge in [-0.2, -0.15) is 15.4 Å². The van der Waals surface area contributed by atoms with Crippen molar-refractivity contribution in [3.05, 3.63) is 17.5 Å². The Bertz CT molecular complexity index is 563. The molecular formula is C14H20N6. The van der Waals surface area contributed by atoms with Crippen LogP contribution >= 0.6 is 0 Å². The van der Waals surface area contributed by atoms with Gasteiger partial charge in [-0.1, -0.05) is 13.3 Å². The highest BCUT2D eigenvalue weighted by Crippen LogP contribution is 2.27. The van der Waals surface area contributed by atoms with Gasteiger partial charge in [0.25, 0.3) is 0 Å². The molecule has 1 aliphatic rings. The number of nitrogens with one attached hydrogen (secondary N) is 2. The van der Waals surface area contributed by atoms with Gasteiger partial charge in [0.1, 0.15) is 11.5 Å². The van der Waals surface area contributed by atoms with Crippen LogP contribution in [0.4, 0.5) is 5.82 Å². The zero-order valence-corrected chi connectivity index (χ0v) is 11.8. The molecule has 0 radical (unpaired) electrons. The van der Waals surface area contributed by atoms with Crippen LogP contribution in [0.15, 0.2) is 6.20 Å². The number of fused-ring (bicyclic) bond motifs is 1. The van der Waals surface area contributed by atoms with Crippen molar-refractivity contribution in [2.75, 3.05) is 11.9 Å². The fourth-order valence-electron chi connectivity index (χ4n) is 2.58. The van der Waals surface area contributed by atoms with Crippen LogP contribution in [0.25, 0.3) is 11.5 Å². The fourth-order valence-corrected chi connectivity index (χ4v) is 2.58. The van der Waals surface area contributed by atoms with E-state index in [4.69, 9.17) is 4.98 Å².